The second-order valence-corrected chi connectivity index (χ2v) is 6.47. The van der Waals surface area contributed by atoms with Crippen LogP contribution in [0.4, 0.5) is 4.79 Å². The number of nitrogens with one attached hydrogen (secondary N) is 3. The first-order chi connectivity index (χ1) is 12.5. The van der Waals surface area contributed by atoms with Crippen LogP contribution in [0.3, 0.4) is 0 Å². The zero-order valence-corrected chi connectivity index (χ0v) is 15.0. The van der Waals surface area contributed by atoms with Gasteiger partial charge in [0.2, 0.25) is 11.8 Å². The van der Waals surface area contributed by atoms with Gasteiger partial charge >= 0.3 is 6.09 Å². The summed E-state index contributed by atoms with van der Waals surface area (Å²) in [6.07, 6.45) is 3.74. The average Bonchev–Trinajstić information content (AvgIpc) is 2.59. The zero-order valence-electron chi connectivity index (χ0n) is 14.2. The molecule has 0 aliphatic carbocycles. The van der Waals surface area contributed by atoms with Crippen LogP contribution in [-0.4, -0.2) is 41.6 Å². The van der Waals surface area contributed by atoms with Gasteiger partial charge in [-0.1, -0.05) is 35.9 Å². The summed E-state index contributed by atoms with van der Waals surface area (Å²) < 4.78 is 0. The van der Waals surface area contributed by atoms with E-state index in [1.807, 2.05) is 18.2 Å². The molecule has 4 N–H and O–H groups in total. The van der Waals surface area contributed by atoms with Gasteiger partial charge in [-0.3, -0.25) is 9.59 Å². The molecule has 0 spiro atoms. The Morgan fingerprint density at radius 1 is 1.27 bits per heavy atom. The lowest BCUT2D eigenvalue weighted by Gasteiger charge is -2.22. The summed E-state index contributed by atoms with van der Waals surface area (Å²) >= 11 is 6.18. The highest BCUT2D eigenvalue weighted by atomic mass is 35.5. The predicted molar refractivity (Wildman–Crippen MR) is 98.0 cm³/mol. The van der Waals surface area contributed by atoms with E-state index in [1.165, 1.54) is 6.08 Å². The van der Waals surface area contributed by atoms with Gasteiger partial charge in [0.25, 0.3) is 0 Å². The molecule has 140 valence electrons. The number of halogens is 1. The van der Waals surface area contributed by atoms with Crippen molar-refractivity contribution in [3.8, 4) is 0 Å². The van der Waals surface area contributed by atoms with E-state index in [0.717, 1.165) is 5.56 Å². The molecule has 2 rings (SSSR count). The minimum absolute atomic E-state index is 0.232. The molecule has 0 bridgehead atoms. The number of hydrogen-bond acceptors (Lipinski definition) is 3. The van der Waals surface area contributed by atoms with E-state index in [4.69, 9.17) is 16.7 Å². The maximum absolute atomic E-state index is 12.5. The Morgan fingerprint density at radius 2 is 2.04 bits per heavy atom. The van der Waals surface area contributed by atoms with Crippen molar-refractivity contribution in [2.45, 2.75) is 37.8 Å². The first-order valence-electron chi connectivity index (χ1n) is 8.45. The molecular weight excluding hydrogens is 358 g/mol. The lowest BCUT2D eigenvalue weighted by molar-refractivity contribution is -0.123. The van der Waals surface area contributed by atoms with Crippen molar-refractivity contribution in [2.24, 2.45) is 0 Å². The molecule has 1 aromatic carbocycles. The zero-order chi connectivity index (χ0) is 18.9. The number of hydrogen-bond donors (Lipinski definition) is 4. The van der Waals surface area contributed by atoms with Crippen molar-refractivity contribution in [3.05, 3.63) is 47.0 Å². The minimum Gasteiger partial charge on any atom is -0.465 e. The van der Waals surface area contributed by atoms with Gasteiger partial charge in [-0.2, -0.15) is 0 Å². The average molecular weight is 380 g/mol. The largest absolute Gasteiger partial charge is 0.465 e. The fraction of sp³-hybridized carbons (Fsp3) is 0.389. The van der Waals surface area contributed by atoms with Crippen LogP contribution in [0.1, 0.15) is 24.8 Å². The van der Waals surface area contributed by atoms with E-state index < -0.39 is 24.1 Å². The summed E-state index contributed by atoms with van der Waals surface area (Å²) in [5.41, 5.74) is 0.819. The van der Waals surface area contributed by atoms with Gasteiger partial charge in [0.1, 0.15) is 6.04 Å². The monoisotopic (exact) mass is 379 g/mol. The molecule has 0 radical (unpaired) electrons. The van der Waals surface area contributed by atoms with Gasteiger partial charge in [-0.25, -0.2) is 4.79 Å². The summed E-state index contributed by atoms with van der Waals surface area (Å²) in [6.45, 7) is 0.472. The van der Waals surface area contributed by atoms with E-state index in [0.29, 0.717) is 37.3 Å². The third-order valence-corrected chi connectivity index (χ3v) is 4.41. The van der Waals surface area contributed by atoms with Gasteiger partial charge in [-0.05, 0) is 37.3 Å². The molecule has 0 unspecified atom stereocenters. The van der Waals surface area contributed by atoms with Crippen molar-refractivity contribution >= 4 is 29.5 Å². The molecule has 0 aromatic heterocycles. The van der Waals surface area contributed by atoms with E-state index in [9.17, 15) is 14.4 Å². The number of amides is 3. The fourth-order valence-corrected chi connectivity index (χ4v) is 2.93. The Bertz CT molecular complexity index is 693. The Hall–Kier alpha value is -2.54. The predicted octanol–water partition coefficient (Wildman–Crippen LogP) is 1.86. The maximum atomic E-state index is 12.5. The highest BCUT2D eigenvalue weighted by Gasteiger charge is 2.23. The number of rotatable bonds is 3. The standard InChI is InChI=1S/C18H22ClN3O4/c19-14-6-2-1-5-12(14)11-13-8-9-16(23)20-10-4-3-7-15(17(24)21-13)22-18(25)26/h1-2,5-6,8-9,13,15,22H,3-4,7,10-11H2,(H,20,23)(H,21,24)(H,25,26)/b9-8+/t13-,15+/m1/s1. The molecule has 7 nitrogen and oxygen atoms in total. The molecule has 1 heterocycles. The second kappa shape index (κ2) is 9.82. The number of carbonyl (C=O) groups excluding carboxylic acids is 2. The molecule has 1 aliphatic rings. The van der Waals surface area contributed by atoms with Gasteiger partial charge in [0.15, 0.2) is 0 Å². The molecule has 8 heteroatoms. The first-order valence-corrected chi connectivity index (χ1v) is 8.83. The van der Waals surface area contributed by atoms with Crippen molar-refractivity contribution in [2.75, 3.05) is 6.54 Å². The number of benzene rings is 1. The highest BCUT2D eigenvalue weighted by Crippen LogP contribution is 2.17. The van der Waals surface area contributed by atoms with Crippen LogP contribution in [0.15, 0.2) is 36.4 Å². The Morgan fingerprint density at radius 3 is 2.77 bits per heavy atom. The Labute approximate surface area is 156 Å². The van der Waals surface area contributed by atoms with Crippen LogP contribution in [-0.2, 0) is 16.0 Å². The highest BCUT2D eigenvalue weighted by molar-refractivity contribution is 6.31. The summed E-state index contributed by atoms with van der Waals surface area (Å²) in [4.78, 5) is 35.3. The summed E-state index contributed by atoms with van der Waals surface area (Å²) in [7, 11) is 0. The molecule has 3 amide bonds. The smallest absolute Gasteiger partial charge is 0.405 e. The molecule has 0 saturated heterocycles. The Balaban J connectivity index is 2.20. The third kappa shape index (κ3) is 6.40. The van der Waals surface area contributed by atoms with Gasteiger partial charge in [0.05, 0.1) is 6.04 Å². The molecule has 2 atom stereocenters. The SMILES string of the molecule is O=C(O)N[C@H]1CCCCNC(=O)/C=C/[C@H](Cc2ccccc2Cl)NC1=O. The summed E-state index contributed by atoms with van der Waals surface area (Å²) in [6, 6.07) is 5.89. The molecule has 0 saturated carbocycles. The maximum Gasteiger partial charge on any atom is 0.405 e. The fourth-order valence-electron chi connectivity index (χ4n) is 2.72. The molecular formula is C18H22ClN3O4. The van der Waals surface area contributed by atoms with Crippen molar-refractivity contribution in [1.82, 2.24) is 16.0 Å². The van der Waals surface area contributed by atoms with Crippen LogP contribution in [0.25, 0.3) is 0 Å². The van der Waals surface area contributed by atoms with Crippen LogP contribution in [0.2, 0.25) is 5.02 Å². The number of carbonyl (C=O) groups is 3. The molecule has 26 heavy (non-hydrogen) atoms. The van der Waals surface area contributed by atoms with Crippen molar-refractivity contribution in [1.29, 1.82) is 0 Å². The lowest BCUT2D eigenvalue weighted by atomic mass is 10.0. The second-order valence-electron chi connectivity index (χ2n) is 6.06. The van der Waals surface area contributed by atoms with Crippen molar-refractivity contribution < 1.29 is 19.5 Å². The van der Waals surface area contributed by atoms with E-state index in [1.54, 1.807) is 12.1 Å². The molecule has 0 fully saturated rings. The first kappa shape index (κ1) is 19.8. The van der Waals surface area contributed by atoms with Crippen LogP contribution >= 0.6 is 11.6 Å². The minimum atomic E-state index is -1.25. The van der Waals surface area contributed by atoms with Crippen molar-refractivity contribution in [3.63, 3.8) is 0 Å². The molecule has 1 aliphatic heterocycles. The summed E-state index contributed by atoms with van der Waals surface area (Å²) in [5.74, 6) is -0.653. The number of carboxylic acid groups (broad SMARTS) is 1. The van der Waals surface area contributed by atoms with E-state index >= 15 is 0 Å². The van der Waals surface area contributed by atoms with Crippen LogP contribution in [0.5, 0.6) is 0 Å². The normalized spacial score (nSPS) is 23.0. The van der Waals surface area contributed by atoms with Gasteiger partial charge in [-0.15, -0.1) is 0 Å². The van der Waals surface area contributed by atoms with E-state index in [-0.39, 0.29) is 5.91 Å². The topological polar surface area (TPSA) is 108 Å². The van der Waals surface area contributed by atoms with Gasteiger partial charge < -0.3 is 21.1 Å². The van der Waals surface area contributed by atoms with Crippen LogP contribution in [0, 0.1) is 0 Å². The Kier molecular flexibility index (Phi) is 7.47. The van der Waals surface area contributed by atoms with Crippen LogP contribution < -0.4 is 16.0 Å². The van der Waals surface area contributed by atoms with Gasteiger partial charge in [0, 0.05) is 17.6 Å². The summed E-state index contributed by atoms with van der Waals surface area (Å²) in [5, 5.41) is 17.3. The third-order valence-electron chi connectivity index (χ3n) is 4.04. The van der Waals surface area contributed by atoms with E-state index in [2.05, 4.69) is 16.0 Å². The quantitative estimate of drug-likeness (QED) is 0.642. The molecule has 1 aromatic rings. The lowest BCUT2D eigenvalue weighted by Crippen LogP contribution is -2.49.